The molecule has 2 N–H and O–H groups in total. The molecule has 1 saturated heterocycles. The number of rotatable bonds is 4. The minimum atomic E-state index is -0.122. The quantitative estimate of drug-likeness (QED) is 0.808. The lowest BCUT2D eigenvalue weighted by Crippen LogP contribution is -2.47. The van der Waals surface area contributed by atoms with E-state index >= 15 is 0 Å². The van der Waals surface area contributed by atoms with Crippen LogP contribution in [0.5, 0.6) is 0 Å². The van der Waals surface area contributed by atoms with Gasteiger partial charge in [0.25, 0.3) is 5.56 Å². The maximum absolute atomic E-state index is 12.5. The highest BCUT2D eigenvalue weighted by atomic mass is 79.9. The Hall–Kier alpha value is -1.44. The van der Waals surface area contributed by atoms with Crippen LogP contribution in [-0.2, 0) is 11.3 Å². The first-order chi connectivity index (χ1) is 11.6. The van der Waals surface area contributed by atoms with Crippen LogP contribution < -0.4 is 11.3 Å². The molecule has 1 amide bonds. The molecule has 1 aliphatic heterocycles. The van der Waals surface area contributed by atoms with E-state index in [1.807, 2.05) is 11.0 Å². The maximum atomic E-state index is 12.5. The average molecular weight is 430 g/mol. The van der Waals surface area contributed by atoms with Gasteiger partial charge in [0.15, 0.2) is 0 Å². The lowest BCUT2D eigenvalue weighted by Gasteiger charge is -2.35. The molecule has 0 spiro atoms. The van der Waals surface area contributed by atoms with Crippen LogP contribution in [0.1, 0.15) is 25.7 Å². The summed E-state index contributed by atoms with van der Waals surface area (Å²) < 4.78 is 2.34. The number of aromatic nitrogens is 2. The van der Waals surface area contributed by atoms with Gasteiger partial charge in [-0.1, -0.05) is 15.9 Å². The highest BCUT2D eigenvalue weighted by Gasteiger charge is 2.25. The number of carbonyl (C=O) groups is 1. The largest absolute Gasteiger partial charge is 0.338 e. The molecule has 2 heterocycles. The molecule has 0 radical (unpaired) electrons. The van der Waals surface area contributed by atoms with Crippen molar-refractivity contribution in [2.45, 2.75) is 38.3 Å². The molecule has 25 heavy (non-hydrogen) atoms. The number of amides is 1. The van der Waals surface area contributed by atoms with Crippen LogP contribution >= 0.6 is 28.3 Å². The van der Waals surface area contributed by atoms with E-state index in [0.717, 1.165) is 30.3 Å². The number of likely N-dealkylation sites (tertiary alicyclic amines) is 1. The number of nitrogens with zero attached hydrogens (tertiary/aromatic N) is 3. The molecule has 1 fully saturated rings. The first kappa shape index (κ1) is 19.9. The van der Waals surface area contributed by atoms with Crippen molar-refractivity contribution in [3.05, 3.63) is 39.4 Å². The normalized spacial score (nSPS) is 17.4. The van der Waals surface area contributed by atoms with Crippen LogP contribution in [0.3, 0.4) is 0 Å². The zero-order valence-electron chi connectivity index (χ0n) is 13.9. The molecule has 1 atom stereocenters. The summed E-state index contributed by atoms with van der Waals surface area (Å²) >= 11 is 3.37. The highest BCUT2D eigenvalue weighted by Crippen LogP contribution is 2.18. The zero-order chi connectivity index (χ0) is 17.1. The molecule has 1 aromatic carbocycles. The van der Waals surface area contributed by atoms with E-state index in [2.05, 4.69) is 20.9 Å². The van der Waals surface area contributed by atoms with Crippen LogP contribution in [-0.4, -0.2) is 39.5 Å². The van der Waals surface area contributed by atoms with Gasteiger partial charge in [-0.05, 0) is 37.5 Å². The summed E-state index contributed by atoms with van der Waals surface area (Å²) in [4.78, 5) is 31.2. The van der Waals surface area contributed by atoms with Gasteiger partial charge >= 0.3 is 0 Å². The Labute approximate surface area is 160 Å². The molecule has 6 nitrogen and oxygen atoms in total. The van der Waals surface area contributed by atoms with Crippen LogP contribution in [0.2, 0.25) is 0 Å². The predicted octanol–water partition coefficient (Wildman–Crippen LogP) is 2.31. The van der Waals surface area contributed by atoms with Crippen molar-refractivity contribution in [1.29, 1.82) is 0 Å². The molecule has 3 rings (SSSR count). The molecule has 8 heteroatoms. The summed E-state index contributed by atoms with van der Waals surface area (Å²) in [6.07, 6.45) is 4.91. The van der Waals surface area contributed by atoms with Gasteiger partial charge in [-0.3, -0.25) is 14.2 Å². The minimum absolute atomic E-state index is 0. The molecule has 0 bridgehead atoms. The Morgan fingerprint density at radius 1 is 1.36 bits per heavy atom. The first-order valence-electron chi connectivity index (χ1n) is 8.24. The van der Waals surface area contributed by atoms with E-state index in [1.165, 1.54) is 10.9 Å². The van der Waals surface area contributed by atoms with Crippen molar-refractivity contribution in [3.63, 3.8) is 0 Å². The number of hydrogen-bond donors (Lipinski definition) is 1. The Kier molecular flexibility index (Phi) is 6.98. The monoisotopic (exact) mass is 428 g/mol. The Bertz CT molecular complexity index is 811. The lowest BCUT2D eigenvalue weighted by atomic mass is 10.0. The minimum Gasteiger partial charge on any atom is -0.338 e. The average Bonchev–Trinajstić information content (AvgIpc) is 2.61. The fourth-order valence-electron chi connectivity index (χ4n) is 3.22. The number of piperidine rings is 1. The predicted molar refractivity (Wildman–Crippen MR) is 104 cm³/mol. The van der Waals surface area contributed by atoms with Gasteiger partial charge in [-0.15, -0.1) is 12.4 Å². The zero-order valence-corrected chi connectivity index (χ0v) is 16.3. The van der Waals surface area contributed by atoms with E-state index in [-0.39, 0.29) is 36.3 Å². The Balaban J connectivity index is 0.00000225. The van der Waals surface area contributed by atoms with Crippen molar-refractivity contribution < 1.29 is 4.79 Å². The van der Waals surface area contributed by atoms with Crippen LogP contribution in [0.15, 0.2) is 33.8 Å². The van der Waals surface area contributed by atoms with E-state index in [0.29, 0.717) is 24.0 Å². The second-order valence-electron chi connectivity index (χ2n) is 6.13. The number of fused-ring (bicyclic) bond motifs is 1. The second-order valence-corrected chi connectivity index (χ2v) is 7.04. The van der Waals surface area contributed by atoms with Crippen LogP contribution in [0, 0.1) is 0 Å². The van der Waals surface area contributed by atoms with Crippen molar-refractivity contribution in [2.24, 2.45) is 5.73 Å². The van der Waals surface area contributed by atoms with E-state index in [1.54, 1.807) is 12.1 Å². The standard InChI is InChI=1S/C17H21BrN4O2.ClH/c18-12-4-5-15-14(9-12)17(24)21(11-20-15)8-6-16(23)22-7-2-1-3-13(22)10-19;/h4-5,9,11,13H,1-3,6-8,10,19H2;1H. The van der Waals surface area contributed by atoms with Crippen LogP contribution in [0.4, 0.5) is 0 Å². The summed E-state index contributed by atoms with van der Waals surface area (Å²) in [5.74, 6) is 0.0615. The number of hydrogen-bond acceptors (Lipinski definition) is 4. The Morgan fingerprint density at radius 2 is 2.16 bits per heavy atom. The van der Waals surface area contributed by atoms with Gasteiger partial charge in [-0.25, -0.2) is 4.98 Å². The third-order valence-corrected chi connectivity index (χ3v) is 5.07. The van der Waals surface area contributed by atoms with Gasteiger partial charge < -0.3 is 10.6 Å². The summed E-state index contributed by atoms with van der Waals surface area (Å²) in [6, 6.07) is 5.55. The summed E-state index contributed by atoms with van der Waals surface area (Å²) in [6.45, 7) is 1.59. The van der Waals surface area contributed by atoms with E-state index in [4.69, 9.17) is 5.73 Å². The third-order valence-electron chi connectivity index (χ3n) is 4.57. The molecular weight excluding hydrogens is 408 g/mol. The number of halogens is 2. The van der Waals surface area contributed by atoms with Crippen molar-refractivity contribution in [1.82, 2.24) is 14.5 Å². The molecule has 1 unspecified atom stereocenters. The van der Waals surface area contributed by atoms with E-state index < -0.39 is 0 Å². The number of nitrogens with two attached hydrogens (primary N) is 1. The molecule has 0 saturated carbocycles. The smallest absolute Gasteiger partial charge is 0.261 e. The lowest BCUT2D eigenvalue weighted by molar-refractivity contribution is -0.134. The van der Waals surface area contributed by atoms with Gasteiger partial charge in [-0.2, -0.15) is 0 Å². The number of benzene rings is 1. The van der Waals surface area contributed by atoms with E-state index in [9.17, 15) is 9.59 Å². The van der Waals surface area contributed by atoms with Crippen LogP contribution in [0.25, 0.3) is 10.9 Å². The third kappa shape index (κ3) is 4.40. The molecule has 2 aromatic rings. The molecule has 1 aromatic heterocycles. The van der Waals surface area contributed by atoms with Gasteiger partial charge in [0, 0.05) is 36.6 Å². The number of aryl methyl sites for hydroxylation is 1. The summed E-state index contributed by atoms with van der Waals surface area (Å²) in [5.41, 5.74) is 6.31. The van der Waals surface area contributed by atoms with Gasteiger partial charge in [0.1, 0.15) is 0 Å². The topological polar surface area (TPSA) is 81.2 Å². The van der Waals surface area contributed by atoms with Crippen molar-refractivity contribution in [2.75, 3.05) is 13.1 Å². The highest BCUT2D eigenvalue weighted by molar-refractivity contribution is 9.10. The first-order valence-corrected chi connectivity index (χ1v) is 9.03. The van der Waals surface area contributed by atoms with Crippen molar-refractivity contribution >= 4 is 45.1 Å². The SMILES string of the molecule is Cl.NCC1CCCCN1C(=O)CCn1cnc2ccc(Br)cc2c1=O. The molecular formula is C17H22BrClN4O2. The van der Waals surface area contributed by atoms with Gasteiger partial charge in [0.05, 0.1) is 17.2 Å². The molecule has 136 valence electrons. The summed E-state index contributed by atoms with van der Waals surface area (Å²) in [5, 5.41) is 0.553. The van der Waals surface area contributed by atoms with Crippen molar-refractivity contribution in [3.8, 4) is 0 Å². The molecule has 0 aliphatic carbocycles. The summed E-state index contributed by atoms with van der Waals surface area (Å²) in [7, 11) is 0. The Morgan fingerprint density at radius 3 is 2.92 bits per heavy atom. The fourth-order valence-corrected chi connectivity index (χ4v) is 3.59. The second kappa shape index (κ2) is 8.78. The fraction of sp³-hybridized carbons (Fsp3) is 0.471. The number of carbonyl (C=O) groups excluding carboxylic acids is 1. The van der Waals surface area contributed by atoms with Gasteiger partial charge in [0.2, 0.25) is 5.91 Å². The molecule has 1 aliphatic rings. The maximum Gasteiger partial charge on any atom is 0.261 e.